The first-order chi connectivity index (χ1) is 13.1. The second-order valence-electron chi connectivity index (χ2n) is 7.66. The zero-order valence-electron chi connectivity index (χ0n) is 16.4. The molecule has 0 radical (unpaired) electrons. The van der Waals surface area contributed by atoms with Crippen LogP contribution >= 0.6 is 0 Å². The summed E-state index contributed by atoms with van der Waals surface area (Å²) in [4.78, 5) is 11.6. The summed E-state index contributed by atoms with van der Waals surface area (Å²) in [6.07, 6.45) is 6.22. The maximum Gasteiger partial charge on any atom is 0.159 e. The van der Waals surface area contributed by atoms with E-state index in [0.29, 0.717) is 6.04 Å². The Hall–Kier alpha value is -2.53. The van der Waals surface area contributed by atoms with Gasteiger partial charge in [0.25, 0.3) is 0 Å². The van der Waals surface area contributed by atoms with Crippen molar-refractivity contribution < 1.29 is 0 Å². The third kappa shape index (κ3) is 4.08. The van der Waals surface area contributed by atoms with Crippen molar-refractivity contribution >= 4 is 0 Å². The van der Waals surface area contributed by atoms with Gasteiger partial charge in [0.2, 0.25) is 0 Å². The number of rotatable bonds is 4. The van der Waals surface area contributed by atoms with Crippen LogP contribution in [0.4, 0.5) is 0 Å². The lowest BCUT2D eigenvalue weighted by molar-refractivity contribution is 0.171. The summed E-state index contributed by atoms with van der Waals surface area (Å²) < 4.78 is 2.21. The fraction of sp³-hybridized carbons (Fsp3) is 0.409. The number of hydrogen-bond acceptors (Lipinski definition) is 4. The van der Waals surface area contributed by atoms with E-state index in [9.17, 15) is 0 Å². The normalized spacial score (nSPS) is 16.0. The van der Waals surface area contributed by atoms with Crippen molar-refractivity contribution in [1.29, 1.82) is 0 Å². The molecule has 1 saturated heterocycles. The molecule has 0 atom stereocenters. The van der Waals surface area contributed by atoms with Gasteiger partial charge in [-0.1, -0.05) is 29.8 Å². The minimum Gasteiger partial charge on any atom is -0.299 e. The fourth-order valence-electron chi connectivity index (χ4n) is 3.88. The third-order valence-corrected chi connectivity index (χ3v) is 5.37. The molecule has 3 heterocycles. The highest BCUT2D eigenvalue weighted by Crippen LogP contribution is 2.25. The SMILES string of the molecule is Cc1ccc(-c2ncc(CN3CCC(n4nc(C)cc4C)CC3)cn2)cc1. The molecule has 0 aliphatic carbocycles. The second kappa shape index (κ2) is 7.61. The molecule has 140 valence electrons. The lowest BCUT2D eigenvalue weighted by atomic mass is 10.0. The van der Waals surface area contributed by atoms with Gasteiger partial charge in [0, 0.05) is 48.8 Å². The van der Waals surface area contributed by atoms with E-state index in [1.165, 1.54) is 16.8 Å². The van der Waals surface area contributed by atoms with Crippen molar-refractivity contribution in [2.24, 2.45) is 0 Å². The monoisotopic (exact) mass is 361 g/mol. The van der Waals surface area contributed by atoms with E-state index >= 15 is 0 Å². The van der Waals surface area contributed by atoms with Crippen LogP contribution in [0.2, 0.25) is 0 Å². The number of benzene rings is 1. The molecular weight excluding hydrogens is 334 g/mol. The molecule has 0 spiro atoms. The van der Waals surface area contributed by atoms with Crippen molar-refractivity contribution in [2.45, 2.75) is 46.2 Å². The summed E-state index contributed by atoms with van der Waals surface area (Å²) in [5.74, 6) is 0.794. The zero-order chi connectivity index (χ0) is 18.8. The standard InChI is InChI=1S/C22H27N5/c1-16-4-6-20(7-5-16)22-23-13-19(14-24-22)15-26-10-8-21(9-11-26)27-18(3)12-17(2)25-27/h4-7,12-14,21H,8-11,15H2,1-3H3. The molecule has 4 rings (SSSR count). The summed E-state index contributed by atoms with van der Waals surface area (Å²) in [6, 6.07) is 11.0. The average molecular weight is 361 g/mol. The molecule has 5 heteroatoms. The van der Waals surface area contributed by atoms with Gasteiger partial charge in [-0.15, -0.1) is 0 Å². The van der Waals surface area contributed by atoms with E-state index in [2.05, 4.69) is 75.8 Å². The van der Waals surface area contributed by atoms with Crippen LogP contribution in [0.1, 0.15) is 41.4 Å². The van der Waals surface area contributed by atoms with E-state index in [4.69, 9.17) is 0 Å². The van der Waals surface area contributed by atoms with Gasteiger partial charge in [0.15, 0.2) is 5.82 Å². The molecule has 1 aliphatic heterocycles. The van der Waals surface area contributed by atoms with Gasteiger partial charge < -0.3 is 0 Å². The Balaban J connectivity index is 1.35. The summed E-state index contributed by atoms with van der Waals surface area (Å²) in [7, 11) is 0. The van der Waals surface area contributed by atoms with Crippen molar-refractivity contribution in [2.75, 3.05) is 13.1 Å². The second-order valence-corrected chi connectivity index (χ2v) is 7.66. The van der Waals surface area contributed by atoms with Crippen molar-refractivity contribution in [3.8, 4) is 11.4 Å². The predicted molar refractivity (Wildman–Crippen MR) is 107 cm³/mol. The zero-order valence-corrected chi connectivity index (χ0v) is 16.4. The molecule has 3 aromatic rings. The van der Waals surface area contributed by atoms with Gasteiger partial charge in [-0.05, 0) is 39.7 Å². The molecule has 1 aliphatic rings. The Bertz CT molecular complexity index is 887. The molecular formula is C22H27N5. The number of likely N-dealkylation sites (tertiary alicyclic amines) is 1. The van der Waals surface area contributed by atoms with Gasteiger partial charge >= 0.3 is 0 Å². The van der Waals surface area contributed by atoms with Crippen molar-refractivity contribution in [3.63, 3.8) is 0 Å². The third-order valence-electron chi connectivity index (χ3n) is 5.37. The predicted octanol–water partition coefficient (Wildman–Crippen LogP) is 4.10. The van der Waals surface area contributed by atoms with Crippen LogP contribution in [0, 0.1) is 20.8 Å². The largest absolute Gasteiger partial charge is 0.299 e. The van der Waals surface area contributed by atoms with E-state index in [1.807, 2.05) is 12.4 Å². The maximum atomic E-state index is 4.66. The summed E-state index contributed by atoms with van der Waals surface area (Å²) >= 11 is 0. The fourth-order valence-corrected chi connectivity index (χ4v) is 3.88. The van der Waals surface area contributed by atoms with Crippen LogP contribution in [-0.2, 0) is 6.54 Å². The first kappa shape index (κ1) is 17.9. The number of aromatic nitrogens is 4. The molecule has 0 amide bonds. The molecule has 5 nitrogen and oxygen atoms in total. The average Bonchev–Trinajstić information content (AvgIpc) is 3.02. The van der Waals surface area contributed by atoms with Gasteiger partial charge in [-0.3, -0.25) is 9.58 Å². The van der Waals surface area contributed by atoms with Crippen molar-refractivity contribution in [1.82, 2.24) is 24.6 Å². The van der Waals surface area contributed by atoms with Gasteiger partial charge in [0.05, 0.1) is 11.7 Å². The van der Waals surface area contributed by atoms with E-state index in [0.717, 1.165) is 49.6 Å². The lowest BCUT2D eigenvalue weighted by Crippen LogP contribution is -2.34. The van der Waals surface area contributed by atoms with Crippen LogP contribution in [0.25, 0.3) is 11.4 Å². The molecule has 2 aromatic heterocycles. The molecule has 0 N–H and O–H groups in total. The highest BCUT2D eigenvalue weighted by atomic mass is 15.3. The Morgan fingerprint density at radius 2 is 1.63 bits per heavy atom. The molecule has 1 aromatic carbocycles. The van der Waals surface area contributed by atoms with Crippen LogP contribution in [0.15, 0.2) is 42.7 Å². The van der Waals surface area contributed by atoms with Crippen LogP contribution < -0.4 is 0 Å². The Morgan fingerprint density at radius 1 is 0.963 bits per heavy atom. The van der Waals surface area contributed by atoms with Crippen LogP contribution in [0.3, 0.4) is 0 Å². The van der Waals surface area contributed by atoms with Crippen molar-refractivity contribution in [3.05, 3.63) is 65.2 Å². The first-order valence-electron chi connectivity index (χ1n) is 9.71. The highest BCUT2D eigenvalue weighted by Gasteiger charge is 2.22. The van der Waals surface area contributed by atoms with Crippen LogP contribution in [0.5, 0.6) is 0 Å². The van der Waals surface area contributed by atoms with Gasteiger partial charge in [-0.2, -0.15) is 5.10 Å². The minimum atomic E-state index is 0.523. The van der Waals surface area contributed by atoms with E-state index < -0.39 is 0 Å². The molecule has 0 saturated carbocycles. The lowest BCUT2D eigenvalue weighted by Gasteiger charge is -2.32. The summed E-state index contributed by atoms with van der Waals surface area (Å²) in [6.45, 7) is 9.40. The van der Waals surface area contributed by atoms with E-state index in [1.54, 1.807) is 0 Å². The Labute approximate surface area is 161 Å². The van der Waals surface area contributed by atoms with Crippen LogP contribution in [-0.4, -0.2) is 37.7 Å². The molecule has 27 heavy (non-hydrogen) atoms. The number of nitrogens with zero attached hydrogens (tertiary/aromatic N) is 5. The quantitative estimate of drug-likeness (QED) is 0.702. The number of aryl methyl sites for hydroxylation is 3. The van der Waals surface area contributed by atoms with Gasteiger partial charge in [-0.25, -0.2) is 9.97 Å². The van der Waals surface area contributed by atoms with Gasteiger partial charge in [0.1, 0.15) is 0 Å². The molecule has 0 bridgehead atoms. The smallest absolute Gasteiger partial charge is 0.159 e. The first-order valence-corrected chi connectivity index (χ1v) is 9.71. The minimum absolute atomic E-state index is 0.523. The maximum absolute atomic E-state index is 4.66. The summed E-state index contributed by atoms with van der Waals surface area (Å²) in [5, 5.41) is 4.66. The van der Waals surface area contributed by atoms with E-state index in [-0.39, 0.29) is 0 Å². The highest BCUT2D eigenvalue weighted by molar-refractivity contribution is 5.54. The Morgan fingerprint density at radius 3 is 2.22 bits per heavy atom. The number of hydrogen-bond donors (Lipinski definition) is 0. The number of piperidine rings is 1. The molecule has 1 fully saturated rings. The Kier molecular flexibility index (Phi) is 5.03. The summed E-state index contributed by atoms with van der Waals surface area (Å²) in [5.41, 5.74) is 5.87. The topological polar surface area (TPSA) is 46.8 Å². The molecule has 0 unspecified atom stereocenters.